The number of ether oxygens (including phenoxy) is 3. The molecule has 5 nitrogen and oxygen atoms in total. The van der Waals surface area contributed by atoms with E-state index >= 15 is 0 Å². The molecule has 0 radical (unpaired) electrons. The summed E-state index contributed by atoms with van der Waals surface area (Å²) in [6, 6.07) is 6.60. The SMILES string of the molecule is COC(=O)C(C(=O)OC)c1ccccc1OC(C)Cl. The molecule has 0 aliphatic heterocycles. The summed E-state index contributed by atoms with van der Waals surface area (Å²) in [6.07, 6.45) is 0. The van der Waals surface area contributed by atoms with Gasteiger partial charge in [0.25, 0.3) is 0 Å². The molecule has 0 aromatic heterocycles. The van der Waals surface area contributed by atoms with Gasteiger partial charge in [-0.15, -0.1) is 0 Å². The van der Waals surface area contributed by atoms with Crippen LogP contribution in [0.5, 0.6) is 5.75 Å². The van der Waals surface area contributed by atoms with Crippen LogP contribution in [0.25, 0.3) is 0 Å². The number of methoxy groups -OCH3 is 2. The second-order valence-electron chi connectivity index (χ2n) is 3.68. The fraction of sp³-hybridized carbons (Fsp3) is 0.385. The normalized spacial score (nSPS) is 11.8. The molecule has 1 atom stereocenters. The molecular weight excluding hydrogens is 272 g/mol. The predicted molar refractivity (Wildman–Crippen MR) is 69.2 cm³/mol. The molecule has 0 aliphatic carbocycles. The second kappa shape index (κ2) is 6.99. The van der Waals surface area contributed by atoms with E-state index in [0.29, 0.717) is 11.3 Å². The van der Waals surface area contributed by atoms with Crippen LogP contribution in [0.2, 0.25) is 0 Å². The van der Waals surface area contributed by atoms with Gasteiger partial charge in [-0.2, -0.15) is 0 Å². The molecule has 0 heterocycles. The van der Waals surface area contributed by atoms with E-state index in [2.05, 4.69) is 9.47 Å². The summed E-state index contributed by atoms with van der Waals surface area (Å²) in [4.78, 5) is 23.5. The monoisotopic (exact) mass is 286 g/mol. The average molecular weight is 287 g/mol. The lowest BCUT2D eigenvalue weighted by Gasteiger charge is -2.17. The van der Waals surface area contributed by atoms with Crippen molar-refractivity contribution in [1.29, 1.82) is 0 Å². The van der Waals surface area contributed by atoms with Gasteiger partial charge in [-0.1, -0.05) is 29.8 Å². The minimum atomic E-state index is -1.19. The van der Waals surface area contributed by atoms with Crippen molar-refractivity contribution in [2.24, 2.45) is 0 Å². The lowest BCUT2D eigenvalue weighted by Crippen LogP contribution is -2.25. The third-order valence-electron chi connectivity index (χ3n) is 2.39. The Bertz CT molecular complexity index is 442. The van der Waals surface area contributed by atoms with Crippen LogP contribution in [0.3, 0.4) is 0 Å². The van der Waals surface area contributed by atoms with Crippen molar-refractivity contribution >= 4 is 23.5 Å². The Morgan fingerprint density at radius 3 is 2.11 bits per heavy atom. The van der Waals surface area contributed by atoms with Gasteiger partial charge in [0.15, 0.2) is 11.5 Å². The number of hydrogen-bond donors (Lipinski definition) is 0. The zero-order valence-electron chi connectivity index (χ0n) is 10.9. The van der Waals surface area contributed by atoms with E-state index in [9.17, 15) is 9.59 Å². The molecule has 1 aromatic rings. The molecule has 0 fully saturated rings. The zero-order valence-corrected chi connectivity index (χ0v) is 11.6. The number of hydrogen-bond acceptors (Lipinski definition) is 5. The highest BCUT2D eigenvalue weighted by atomic mass is 35.5. The molecule has 0 bridgehead atoms. The molecular formula is C13H15ClO5. The maximum atomic E-state index is 11.7. The van der Waals surface area contributed by atoms with Gasteiger partial charge in [0.2, 0.25) is 0 Å². The second-order valence-corrected chi connectivity index (χ2v) is 4.29. The third kappa shape index (κ3) is 3.86. The van der Waals surface area contributed by atoms with Gasteiger partial charge < -0.3 is 14.2 Å². The molecule has 0 aliphatic rings. The first-order valence-electron chi connectivity index (χ1n) is 5.56. The van der Waals surface area contributed by atoms with Crippen molar-refractivity contribution in [3.8, 4) is 5.75 Å². The Balaban J connectivity index is 3.22. The molecule has 0 N–H and O–H groups in total. The Kier molecular flexibility index (Phi) is 5.63. The van der Waals surface area contributed by atoms with Crippen LogP contribution in [-0.2, 0) is 19.1 Å². The summed E-state index contributed by atoms with van der Waals surface area (Å²) in [6.45, 7) is 1.63. The molecule has 1 aromatic carbocycles. The fourth-order valence-electron chi connectivity index (χ4n) is 1.59. The van der Waals surface area contributed by atoms with Gasteiger partial charge in [-0.3, -0.25) is 9.59 Å². The first-order valence-corrected chi connectivity index (χ1v) is 6.00. The van der Waals surface area contributed by atoms with E-state index in [1.807, 2.05) is 0 Å². The maximum Gasteiger partial charge on any atom is 0.324 e. The van der Waals surface area contributed by atoms with Crippen LogP contribution in [0.1, 0.15) is 18.4 Å². The highest BCUT2D eigenvalue weighted by Gasteiger charge is 2.33. The molecule has 0 amide bonds. The van der Waals surface area contributed by atoms with Crippen molar-refractivity contribution in [3.63, 3.8) is 0 Å². The topological polar surface area (TPSA) is 61.8 Å². The van der Waals surface area contributed by atoms with E-state index in [1.165, 1.54) is 14.2 Å². The molecule has 19 heavy (non-hydrogen) atoms. The van der Waals surface area contributed by atoms with E-state index < -0.39 is 23.4 Å². The summed E-state index contributed by atoms with van der Waals surface area (Å²) in [5, 5.41) is 0. The third-order valence-corrected chi connectivity index (χ3v) is 2.48. The quantitative estimate of drug-likeness (QED) is 0.471. The first kappa shape index (κ1) is 15.3. The number of benzene rings is 1. The molecule has 6 heteroatoms. The summed E-state index contributed by atoms with van der Waals surface area (Å²) in [5.41, 5.74) is -0.245. The smallest absolute Gasteiger partial charge is 0.324 e. The predicted octanol–water partition coefficient (Wildman–Crippen LogP) is 2.08. The lowest BCUT2D eigenvalue weighted by molar-refractivity contribution is -0.154. The van der Waals surface area contributed by atoms with Crippen LogP contribution in [0.4, 0.5) is 0 Å². The van der Waals surface area contributed by atoms with Crippen LogP contribution in [0.15, 0.2) is 24.3 Å². The number of carbonyl (C=O) groups is 2. The first-order chi connectivity index (χ1) is 9.01. The molecule has 0 spiro atoms. The number of alkyl halides is 1. The molecule has 1 unspecified atom stereocenters. The number of rotatable bonds is 5. The van der Waals surface area contributed by atoms with Crippen molar-refractivity contribution in [1.82, 2.24) is 0 Å². The van der Waals surface area contributed by atoms with Gasteiger partial charge >= 0.3 is 11.9 Å². The van der Waals surface area contributed by atoms with Gasteiger partial charge in [-0.05, 0) is 13.0 Å². The minimum Gasteiger partial charge on any atom is -0.475 e. The zero-order chi connectivity index (χ0) is 14.4. The Morgan fingerprint density at radius 2 is 1.63 bits per heavy atom. The van der Waals surface area contributed by atoms with E-state index in [0.717, 1.165) is 0 Å². The van der Waals surface area contributed by atoms with Crippen LogP contribution in [0, 0.1) is 0 Å². The molecule has 0 saturated carbocycles. The molecule has 104 valence electrons. The van der Waals surface area contributed by atoms with Crippen LogP contribution >= 0.6 is 11.6 Å². The van der Waals surface area contributed by atoms with Crippen molar-refractivity contribution in [2.45, 2.75) is 18.4 Å². The van der Waals surface area contributed by atoms with Gasteiger partial charge in [0.05, 0.1) is 14.2 Å². The standard InChI is InChI=1S/C13H15ClO5/c1-8(14)19-10-7-5-4-6-9(10)11(12(15)17-2)13(16)18-3/h4-8,11H,1-3H3. The maximum absolute atomic E-state index is 11.7. The van der Waals surface area contributed by atoms with E-state index in [-0.39, 0.29) is 0 Å². The fourth-order valence-corrected chi connectivity index (χ4v) is 1.68. The van der Waals surface area contributed by atoms with E-state index in [1.54, 1.807) is 31.2 Å². The number of halogens is 1. The van der Waals surface area contributed by atoms with E-state index in [4.69, 9.17) is 16.3 Å². The van der Waals surface area contributed by atoms with Crippen molar-refractivity contribution < 1.29 is 23.8 Å². The highest BCUT2D eigenvalue weighted by Crippen LogP contribution is 2.29. The molecule has 1 rings (SSSR count). The largest absolute Gasteiger partial charge is 0.475 e. The van der Waals surface area contributed by atoms with Gasteiger partial charge in [0.1, 0.15) is 5.75 Å². The van der Waals surface area contributed by atoms with Crippen LogP contribution < -0.4 is 4.74 Å². The van der Waals surface area contributed by atoms with Crippen molar-refractivity contribution in [2.75, 3.05) is 14.2 Å². The summed E-state index contributed by atoms with van der Waals surface area (Å²) < 4.78 is 14.6. The van der Waals surface area contributed by atoms with Crippen molar-refractivity contribution in [3.05, 3.63) is 29.8 Å². The molecule has 0 saturated heterocycles. The summed E-state index contributed by atoms with van der Waals surface area (Å²) in [5.74, 6) is -2.29. The Labute approximate surface area is 116 Å². The minimum absolute atomic E-state index is 0.339. The van der Waals surface area contributed by atoms with Gasteiger partial charge in [0, 0.05) is 5.56 Å². The summed E-state index contributed by atoms with van der Waals surface area (Å²) in [7, 11) is 2.40. The lowest BCUT2D eigenvalue weighted by atomic mass is 9.98. The summed E-state index contributed by atoms with van der Waals surface area (Å²) >= 11 is 5.76. The van der Waals surface area contributed by atoms with Gasteiger partial charge in [-0.25, -0.2) is 0 Å². The number of esters is 2. The van der Waals surface area contributed by atoms with Crippen LogP contribution in [-0.4, -0.2) is 31.7 Å². The highest BCUT2D eigenvalue weighted by molar-refractivity contribution is 6.19. The number of para-hydroxylation sites is 1. The Morgan fingerprint density at radius 1 is 1.11 bits per heavy atom. The number of carbonyl (C=O) groups excluding carboxylic acids is 2. The average Bonchev–Trinajstić information content (AvgIpc) is 2.39. The Hall–Kier alpha value is -1.75.